The van der Waals surface area contributed by atoms with E-state index in [4.69, 9.17) is 4.74 Å². The fraction of sp³-hybridized carbons (Fsp3) is 0.111. The van der Waals surface area contributed by atoms with Crippen LogP contribution in [0.3, 0.4) is 0 Å². The van der Waals surface area contributed by atoms with E-state index in [1.165, 1.54) is 7.11 Å². The molecule has 0 heterocycles. The van der Waals surface area contributed by atoms with Crippen LogP contribution in [0.15, 0.2) is 91.0 Å². The number of phenolic OH excluding ortho intramolecular Hbond substituents is 1. The van der Waals surface area contributed by atoms with Gasteiger partial charge >= 0.3 is 12.0 Å². The molecule has 0 radical (unpaired) electrons. The summed E-state index contributed by atoms with van der Waals surface area (Å²) >= 11 is 0. The molecular formula is C27H24N2O4. The number of urea groups is 1. The number of hydrogen-bond acceptors (Lipinski definition) is 4. The quantitative estimate of drug-likeness (QED) is 0.371. The second-order valence-corrected chi connectivity index (χ2v) is 7.58. The average Bonchev–Trinajstić information content (AvgIpc) is 2.86. The number of carbonyl (C=O) groups excluding carboxylic acids is 2. The third-order valence-corrected chi connectivity index (χ3v) is 5.47. The number of methoxy groups -OCH3 is 1. The number of amides is 2. The van der Waals surface area contributed by atoms with Crippen LogP contribution in [0.4, 0.5) is 4.79 Å². The average molecular weight is 440 g/mol. The van der Waals surface area contributed by atoms with Gasteiger partial charge in [0.25, 0.3) is 0 Å². The maximum atomic E-state index is 12.9. The molecule has 4 aromatic rings. The maximum absolute atomic E-state index is 12.9. The summed E-state index contributed by atoms with van der Waals surface area (Å²) in [6.45, 7) is 0.274. The van der Waals surface area contributed by atoms with Crippen LogP contribution in [0.2, 0.25) is 0 Å². The summed E-state index contributed by atoms with van der Waals surface area (Å²) in [6, 6.07) is 26.7. The van der Waals surface area contributed by atoms with Gasteiger partial charge in [0, 0.05) is 12.1 Å². The van der Waals surface area contributed by atoms with Gasteiger partial charge in [-0.1, -0.05) is 72.8 Å². The summed E-state index contributed by atoms with van der Waals surface area (Å²) in [5, 5.41) is 18.4. The van der Waals surface area contributed by atoms with Crippen LogP contribution in [0.25, 0.3) is 10.8 Å². The highest BCUT2D eigenvalue weighted by Gasteiger charge is 2.22. The Morgan fingerprint density at radius 3 is 2.30 bits per heavy atom. The Kier molecular flexibility index (Phi) is 6.55. The highest BCUT2D eigenvalue weighted by Crippen LogP contribution is 2.35. The second-order valence-electron chi connectivity index (χ2n) is 7.58. The molecular weight excluding hydrogens is 416 g/mol. The minimum Gasteiger partial charge on any atom is -0.508 e. The number of hydrogen-bond donors (Lipinski definition) is 3. The van der Waals surface area contributed by atoms with Gasteiger partial charge in [0.05, 0.1) is 18.7 Å². The lowest BCUT2D eigenvalue weighted by Crippen LogP contribution is -2.38. The number of phenols is 1. The van der Waals surface area contributed by atoms with Crippen molar-refractivity contribution in [3.63, 3.8) is 0 Å². The molecule has 6 heteroatoms. The third-order valence-electron chi connectivity index (χ3n) is 5.47. The van der Waals surface area contributed by atoms with E-state index < -0.39 is 12.0 Å². The molecule has 0 aliphatic heterocycles. The number of carbonyl (C=O) groups is 2. The van der Waals surface area contributed by atoms with Crippen molar-refractivity contribution in [3.8, 4) is 5.75 Å². The van der Waals surface area contributed by atoms with Crippen molar-refractivity contribution in [3.05, 3.63) is 113 Å². The van der Waals surface area contributed by atoms with Crippen molar-refractivity contribution in [2.45, 2.75) is 12.6 Å². The van der Waals surface area contributed by atoms with Gasteiger partial charge in [0.2, 0.25) is 0 Å². The normalized spacial score (nSPS) is 11.5. The van der Waals surface area contributed by atoms with Crippen LogP contribution < -0.4 is 10.6 Å². The second kappa shape index (κ2) is 9.87. The number of aromatic hydroxyl groups is 1. The molecule has 1 unspecified atom stereocenters. The lowest BCUT2D eigenvalue weighted by atomic mass is 9.93. The minimum atomic E-state index is -0.556. The van der Waals surface area contributed by atoms with Crippen LogP contribution in [0.5, 0.6) is 5.75 Å². The molecule has 0 spiro atoms. The van der Waals surface area contributed by atoms with Gasteiger partial charge in [-0.3, -0.25) is 0 Å². The van der Waals surface area contributed by atoms with Crippen molar-refractivity contribution < 1.29 is 19.4 Å². The number of esters is 1. The molecule has 0 fully saturated rings. The predicted molar refractivity (Wildman–Crippen MR) is 127 cm³/mol. The lowest BCUT2D eigenvalue weighted by Gasteiger charge is -2.23. The van der Waals surface area contributed by atoms with Gasteiger partial charge in [-0.25, -0.2) is 9.59 Å². The third kappa shape index (κ3) is 4.96. The molecule has 0 aliphatic carbocycles. The largest absolute Gasteiger partial charge is 0.508 e. The molecule has 0 bridgehead atoms. The SMILES string of the molecule is COC(=O)c1ccc(CNC(=O)NC(c2ccccc2)c2c(O)ccc3ccccc23)cc1. The Morgan fingerprint density at radius 1 is 0.879 bits per heavy atom. The van der Waals surface area contributed by atoms with E-state index in [2.05, 4.69) is 10.6 Å². The van der Waals surface area contributed by atoms with Gasteiger partial charge in [0.1, 0.15) is 5.75 Å². The van der Waals surface area contributed by atoms with Crippen molar-refractivity contribution in [2.75, 3.05) is 7.11 Å². The van der Waals surface area contributed by atoms with Gasteiger partial charge in [-0.05, 0) is 40.1 Å². The van der Waals surface area contributed by atoms with E-state index in [9.17, 15) is 14.7 Å². The molecule has 4 aromatic carbocycles. The number of benzene rings is 4. The molecule has 0 aromatic heterocycles. The molecule has 166 valence electrons. The highest BCUT2D eigenvalue weighted by molar-refractivity contribution is 5.90. The van der Waals surface area contributed by atoms with Gasteiger partial charge in [-0.2, -0.15) is 0 Å². The molecule has 33 heavy (non-hydrogen) atoms. The van der Waals surface area contributed by atoms with E-state index >= 15 is 0 Å². The van der Waals surface area contributed by atoms with E-state index in [0.717, 1.165) is 21.9 Å². The molecule has 0 saturated heterocycles. The predicted octanol–water partition coefficient (Wildman–Crippen LogP) is 4.92. The van der Waals surface area contributed by atoms with Gasteiger partial charge in [0.15, 0.2) is 0 Å². The molecule has 4 rings (SSSR count). The number of ether oxygens (including phenoxy) is 1. The smallest absolute Gasteiger partial charge is 0.337 e. The summed E-state index contributed by atoms with van der Waals surface area (Å²) in [7, 11) is 1.33. The molecule has 0 saturated carbocycles. The number of nitrogens with one attached hydrogen (secondary N) is 2. The molecule has 3 N–H and O–H groups in total. The fourth-order valence-corrected chi connectivity index (χ4v) is 3.80. The Hall–Kier alpha value is -4.32. The van der Waals surface area contributed by atoms with Crippen LogP contribution in [-0.2, 0) is 11.3 Å². The first kappa shape index (κ1) is 21.9. The van der Waals surface area contributed by atoms with Crippen molar-refractivity contribution >= 4 is 22.8 Å². The van der Waals surface area contributed by atoms with Crippen LogP contribution in [0.1, 0.15) is 33.1 Å². The molecule has 2 amide bonds. The van der Waals surface area contributed by atoms with Gasteiger partial charge in [-0.15, -0.1) is 0 Å². The van der Waals surface area contributed by atoms with Crippen molar-refractivity contribution in [1.82, 2.24) is 10.6 Å². The summed E-state index contributed by atoms with van der Waals surface area (Å²) in [5.74, 6) is -0.297. The fourth-order valence-electron chi connectivity index (χ4n) is 3.80. The first-order valence-corrected chi connectivity index (χ1v) is 10.5. The Labute approximate surface area is 191 Å². The minimum absolute atomic E-state index is 0.112. The Bertz CT molecular complexity index is 1270. The van der Waals surface area contributed by atoms with E-state index in [1.54, 1.807) is 30.3 Å². The summed E-state index contributed by atoms with van der Waals surface area (Å²) in [5.41, 5.74) is 2.77. The zero-order valence-corrected chi connectivity index (χ0v) is 18.1. The zero-order chi connectivity index (χ0) is 23.2. The van der Waals surface area contributed by atoms with E-state index in [-0.39, 0.29) is 18.3 Å². The molecule has 6 nitrogen and oxygen atoms in total. The number of fused-ring (bicyclic) bond motifs is 1. The monoisotopic (exact) mass is 440 g/mol. The maximum Gasteiger partial charge on any atom is 0.337 e. The molecule has 1 atom stereocenters. The first-order chi connectivity index (χ1) is 16.1. The summed E-state index contributed by atoms with van der Waals surface area (Å²) in [6.07, 6.45) is 0. The lowest BCUT2D eigenvalue weighted by molar-refractivity contribution is 0.0600. The van der Waals surface area contributed by atoms with E-state index in [0.29, 0.717) is 11.1 Å². The van der Waals surface area contributed by atoms with Gasteiger partial charge < -0.3 is 20.5 Å². The zero-order valence-electron chi connectivity index (χ0n) is 18.1. The van der Waals surface area contributed by atoms with Crippen molar-refractivity contribution in [1.29, 1.82) is 0 Å². The Balaban J connectivity index is 1.57. The standard InChI is InChI=1S/C27H24N2O4/c1-33-26(31)21-13-11-18(12-14-21)17-28-27(32)29-25(20-8-3-2-4-9-20)24-22-10-6-5-7-19(22)15-16-23(24)30/h2-16,25,30H,17H2,1H3,(H2,28,29,32). The van der Waals surface area contributed by atoms with Crippen molar-refractivity contribution in [2.24, 2.45) is 0 Å². The van der Waals surface area contributed by atoms with Crippen LogP contribution >= 0.6 is 0 Å². The first-order valence-electron chi connectivity index (χ1n) is 10.5. The molecule has 0 aliphatic rings. The topological polar surface area (TPSA) is 87.7 Å². The number of rotatable bonds is 6. The summed E-state index contributed by atoms with van der Waals surface area (Å²) < 4.78 is 4.70. The highest BCUT2D eigenvalue weighted by atomic mass is 16.5. The van der Waals surface area contributed by atoms with E-state index in [1.807, 2.05) is 60.7 Å². The Morgan fingerprint density at radius 2 is 1.58 bits per heavy atom. The summed E-state index contributed by atoms with van der Waals surface area (Å²) in [4.78, 5) is 24.4. The van der Waals surface area contributed by atoms with Crippen LogP contribution in [0, 0.1) is 0 Å². The van der Waals surface area contributed by atoms with Crippen LogP contribution in [-0.4, -0.2) is 24.2 Å².